The Bertz CT molecular complexity index is 1070. The van der Waals surface area contributed by atoms with Crippen molar-refractivity contribution in [2.75, 3.05) is 6.54 Å². The minimum atomic E-state index is -4.86. The summed E-state index contributed by atoms with van der Waals surface area (Å²) in [6.07, 6.45) is -4.86. The number of ketones is 1. The van der Waals surface area contributed by atoms with Crippen molar-refractivity contribution in [3.63, 3.8) is 0 Å². The largest absolute Gasteiger partial charge is 0.573 e. The van der Waals surface area contributed by atoms with E-state index in [2.05, 4.69) is 15.4 Å². The number of carbonyl (C=O) groups is 4. The van der Waals surface area contributed by atoms with E-state index in [0.717, 1.165) is 33.2 Å². The second-order valence-electron chi connectivity index (χ2n) is 7.12. The Kier molecular flexibility index (Phi) is 6.26. The van der Waals surface area contributed by atoms with E-state index in [0.29, 0.717) is 4.88 Å². The van der Waals surface area contributed by atoms with E-state index in [9.17, 15) is 32.3 Å². The van der Waals surface area contributed by atoms with Crippen LogP contribution in [0.25, 0.3) is 0 Å². The number of nitrogens with one attached hydrogen (secondary N) is 2. The number of amides is 4. The Morgan fingerprint density at radius 2 is 1.81 bits per heavy atom. The molecular weight excluding hydrogens is 451 g/mol. The first-order valence-electron chi connectivity index (χ1n) is 9.26. The van der Waals surface area contributed by atoms with Crippen molar-refractivity contribution < 1.29 is 37.1 Å². The maximum Gasteiger partial charge on any atom is 0.573 e. The first-order valence-corrected chi connectivity index (χ1v) is 10.1. The second-order valence-corrected chi connectivity index (χ2v) is 8.29. The van der Waals surface area contributed by atoms with Gasteiger partial charge in [0.15, 0.2) is 5.78 Å². The minimum Gasteiger partial charge on any atom is -0.406 e. The number of thiophene rings is 1. The zero-order valence-corrected chi connectivity index (χ0v) is 17.7. The normalized spacial score (nSPS) is 18.5. The van der Waals surface area contributed by atoms with Crippen LogP contribution in [-0.4, -0.2) is 41.4 Å². The molecule has 4 amide bonds. The number of imide groups is 1. The first-order chi connectivity index (χ1) is 14.9. The van der Waals surface area contributed by atoms with Crippen molar-refractivity contribution in [3.05, 3.63) is 51.7 Å². The first kappa shape index (κ1) is 23.3. The molecule has 12 heteroatoms. The van der Waals surface area contributed by atoms with Crippen molar-refractivity contribution in [2.45, 2.75) is 32.3 Å². The van der Waals surface area contributed by atoms with Gasteiger partial charge >= 0.3 is 12.4 Å². The summed E-state index contributed by atoms with van der Waals surface area (Å²) < 4.78 is 40.8. The zero-order valence-electron chi connectivity index (χ0n) is 16.9. The Balaban J connectivity index is 1.71. The fraction of sp³-hybridized carbons (Fsp3) is 0.300. The second kappa shape index (κ2) is 8.61. The minimum absolute atomic E-state index is 0.220. The van der Waals surface area contributed by atoms with Crippen LogP contribution in [0.2, 0.25) is 0 Å². The summed E-state index contributed by atoms with van der Waals surface area (Å²) in [5.74, 6) is -1.87. The molecule has 3 rings (SSSR count). The Morgan fingerprint density at radius 3 is 2.41 bits per heavy atom. The molecule has 1 atom stereocenters. The topological polar surface area (TPSA) is 105 Å². The molecule has 32 heavy (non-hydrogen) atoms. The highest BCUT2D eigenvalue weighted by Gasteiger charge is 2.49. The van der Waals surface area contributed by atoms with Crippen molar-refractivity contribution in [1.82, 2.24) is 15.5 Å². The smallest absolute Gasteiger partial charge is 0.406 e. The van der Waals surface area contributed by atoms with Gasteiger partial charge < -0.3 is 15.4 Å². The Morgan fingerprint density at radius 1 is 1.16 bits per heavy atom. The lowest BCUT2D eigenvalue weighted by Crippen LogP contribution is -2.41. The van der Waals surface area contributed by atoms with Gasteiger partial charge in [-0.3, -0.25) is 19.3 Å². The van der Waals surface area contributed by atoms with Crippen molar-refractivity contribution in [2.24, 2.45) is 0 Å². The average molecular weight is 469 g/mol. The van der Waals surface area contributed by atoms with Gasteiger partial charge in [-0.05, 0) is 36.8 Å². The molecule has 0 saturated carbocycles. The van der Waals surface area contributed by atoms with Crippen LogP contribution in [0.5, 0.6) is 5.75 Å². The summed E-state index contributed by atoms with van der Waals surface area (Å²) in [5, 5.41) is 5.09. The molecule has 1 saturated heterocycles. The Hall–Kier alpha value is -3.41. The molecule has 0 radical (unpaired) electrons. The summed E-state index contributed by atoms with van der Waals surface area (Å²) in [6.45, 7) is 2.51. The quantitative estimate of drug-likeness (QED) is 0.479. The van der Waals surface area contributed by atoms with Crippen molar-refractivity contribution >= 4 is 35.0 Å². The van der Waals surface area contributed by atoms with Gasteiger partial charge in [0.25, 0.3) is 5.91 Å². The molecule has 0 aliphatic carbocycles. The standard InChI is InChI=1S/C20H18F3N3O5S/c1-11(27)24-9-14-7-8-16(32-14)15(28)10-26-17(29)19(2,25-18(26)30)12-3-5-13(6-4-12)31-20(21,22)23/h3-8H,9-10H2,1-2H3,(H,24,27)(H,25,30). The number of halogens is 3. The average Bonchev–Trinajstić information content (AvgIpc) is 3.25. The van der Waals surface area contributed by atoms with Gasteiger partial charge in [-0.15, -0.1) is 24.5 Å². The van der Waals surface area contributed by atoms with Crippen LogP contribution in [-0.2, 0) is 21.7 Å². The molecule has 8 nitrogen and oxygen atoms in total. The van der Waals surface area contributed by atoms with Crippen LogP contribution in [0.4, 0.5) is 18.0 Å². The maximum absolute atomic E-state index is 12.9. The van der Waals surface area contributed by atoms with E-state index in [1.807, 2.05) is 0 Å². The number of hydrogen-bond donors (Lipinski definition) is 2. The predicted molar refractivity (Wildman–Crippen MR) is 107 cm³/mol. The lowest BCUT2D eigenvalue weighted by Gasteiger charge is -2.22. The molecule has 1 unspecified atom stereocenters. The van der Waals surface area contributed by atoms with Gasteiger partial charge in [-0.1, -0.05) is 12.1 Å². The van der Waals surface area contributed by atoms with Crippen molar-refractivity contribution in [1.29, 1.82) is 0 Å². The van der Waals surface area contributed by atoms with Crippen LogP contribution in [0.15, 0.2) is 36.4 Å². The summed E-state index contributed by atoms with van der Waals surface area (Å²) in [7, 11) is 0. The SMILES string of the molecule is CC(=O)NCc1ccc(C(=O)CN2C(=O)NC(C)(c3ccc(OC(F)(F)F)cc3)C2=O)s1. The van der Waals surface area contributed by atoms with E-state index in [1.54, 1.807) is 12.1 Å². The maximum atomic E-state index is 12.9. The number of ether oxygens (including phenoxy) is 1. The van der Waals surface area contributed by atoms with Crippen LogP contribution >= 0.6 is 11.3 Å². The molecule has 170 valence electrons. The van der Waals surface area contributed by atoms with Gasteiger partial charge in [0.1, 0.15) is 11.3 Å². The summed E-state index contributed by atoms with van der Waals surface area (Å²) in [5.41, 5.74) is -1.32. The van der Waals surface area contributed by atoms with Crippen molar-refractivity contribution in [3.8, 4) is 5.75 Å². The van der Waals surface area contributed by atoms with E-state index in [-0.39, 0.29) is 18.0 Å². The third-order valence-electron chi connectivity index (χ3n) is 4.69. The lowest BCUT2D eigenvalue weighted by atomic mass is 9.92. The number of carbonyl (C=O) groups excluding carboxylic acids is 4. The predicted octanol–water partition coefficient (Wildman–Crippen LogP) is 2.93. The molecule has 2 N–H and O–H groups in total. The zero-order chi connectivity index (χ0) is 23.7. The highest BCUT2D eigenvalue weighted by molar-refractivity contribution is 7.14. The fourth-order valence-electron chi connectivity index (χ4n) is 3.08. The summed E-state index contributed by atoms with van der Waals surface area (Å²) in [6, 6.07) is 6.94. The molecule has 1 aromatic heterocycles. The summed E-state index contributed by atoms with van der Waals surface area (Å²) in [4.78, 5) is 50.7. The molecule has 0 spiro atoms. The monoisotopic (exact) mass is 469 g/mol. The summed E-state index contributed by atoms with van der Waals surface area (Å²) >= 11 is 1.13. The van der Waals surface area contributed by atoms with Crippen LogP contribution in [0.3, 0.4) is 0 Å². The van der Waals surface area contributed by atoms with Crippen LogP contribution < -0.4 is 15.4 Å². The van der Waals surface area contributed by atoms with Gasteiger partial charge in [0.2, 0.25) is 5.91 Å². The number of urea groups is 1. The third-order valence-corrected chi connectivity index (χ3v) is 5.82. The van der Waals surface area contributed by atoms with Gasteiger partial charge in [-0.25, -0.2) is 4.79 Å². The van der Waals surface area contributed by atoms with E-state index in [1.165, 1.54) is 26.0 Å². The van der Waals surface area contributed by atoms with Crippen LogP contribution in [0.1, 0.15) is 34.0 Å². The van der Waals surface area contributed by atoms with Gasteiger partial charge in [0, 0.05) is 11.8 Å². The fourth-order valence-corrected chi connectivity index (χ4v) is 3.96. The van der Waals surface area contributed by atoms with Crippen LogP contribution in [0, 0.1) is 0 Å². The van der Waals surface area contributed by atoms with E-state index < -0.39 is 41.9 Å². The molecule has 2 aromatic rings. The number of Topliss-reactive ketones (excluding diaryl/α,β-unsaturated/α-hetero) is 1. The number of rotatable bonds is 7. The third kappa shape index (κ3) is 5.07. The highest BCUT2D eigenvalue weighted by atomic mass is 32.1. The van der Waals surface area contributed by atoms with Gasteiger partial charge in [-0.2, -0.15) is 0 Å². The van der Waals surface area contributed by atoms with E-state index in [4.69, 9.17) is 0 Å². The highest BCUT2D eigenvalue weighted by Crippen LogP contribution is 2.31. The molecule has 1 aromatic carbocycles. The molecule has 2 heterocycles. The Labute approximate surface area is 184 Å². The molecule has 1 fully saturated rings. The molecule has 1 aliphatic heterocycles. The number of alkyl halides is 3. The number of benzene rings is 1. The number of nitrogens with zero attached hydrogens (tertiary/aromatic N) is 1. The molecular formula is C20H18F3N3O5S. The van der Waals surface area contributed by atoms with E-state index >= 15 is 0 Å². The molecule has 0 bridgehead atoms. The molecule has 1 aliphatic rings. The number of hydrogen-bond acceptors (Lipinski definition) is 6. The lowest BCUT2D eigenvalue weighted by molar-refractivity contribution is -0.274. The van der Waals surface area contributed by atoms with Gasteiger partial charge in [0.05, 0.1) is 18.0 Å².